The topological polar surface area (TPSA) is 96.6 Å². The summed E-state index contributed by atoms with van der Waals surface area (Å²) in [4.78, 5) is 33.1. The largest absolute Gasteiger partial charge is 0.462 e. The fourth-order valence-corrected chi connectivity index (χ4v) is 4.83. The number of methoxy groups -OCH3 is 1. The Hall–Kier alpha value is -1.95. The number of aromatic nitrogens is 2. The Morgan fingerprint density at radius 1 is 1.38 bits per heavy atom. The first kappa shape index (κ1) is 24.7. The summed E-state index contributed by atoms with van der Waals surface area (Å²) < 4.78 is 37.2. The number of esters is 1. The lowest BCUT2D eigenvalue weighted by molar-refractivity contribution is 0.0520. The number of hydrogen-bond donors (Lipinski definition) is 2. The third-order valence-electron chi connectivity index (χ3n) is 5.04. The molecular formula is C19H22Cl2F2N4O4S. The summed E-state index contributed by atoms with van der Waals surface area (Å²) in [6, 6.07) is -0.360. The minimum absolute atomic E-state index is 0.0706. The van der Waals surface area contributed by atoms with Gasteiger partial charge in [0.2, 0.25) is 0 Å². The number of halogens is 4. The van der Waals surface area contributed by atoms with Crippen LogP contribution in [0.2, 0.25) is 10.0 Å². The SMILES string of the molecule is CCOC(=O)c1sc(N2CC[C@@H](NC(=O)c3[nH]c(C)c(Cl)c3Cl)[C@@H](OC)C2)nc1C(F)F. The number of carbonyl (C=O) groups is 2. The van der Waals surface area contributed by atoms with Gasteiger partial charge in [-0.15, -0.1) is 0 Å². The van der Waals surface area contributed by atoms with E-state index in [1.807, 2.05) is 0 Å². The molecule has 1 saturated heterocycles. The maximum Gasteiger partial charge on any atom is 0.350 e. The second-order valence-corrected chi connectivity index (χ2v) is 8.81. The molecule has 1 aliphatic heterocycles. The molecule has 32 heavy (non-hydrogen) atoms. The van der Waals surface area contributed by atoms with E-state index < -0.39 is 30.1 Å². The van der Waals surface area contributed by atoms with Crippen molar-refractivity contribution in [3.8, 4) is 0 Å². The van der Waals surface area contributed by atoms with Crippen molar-refractivity contribution in [3.63, 3.8) is 0 Å². The van der Waals surface area contributed by atoms with Gasteiger partial charge in [-0.1, -0.05) is 34.5 Å². The number of thiazole rings is 1. The van der Waals surface area contributed by atoms with Crippen molar-refractivity contribution in [3.05, 3.63) is 32.0 Å². The Kier molecular flexibility index (Phi) is 7.97. The zero-order valence-electron chi connectivity index (χ0n) is 17.5. The highest BCUT2D eigenvalue weighted by Crippen LogP contribution is 2.34. The van der Waals surface area contributed by atoms with Crippen LogP contribution in [0.1, 0.15) is 51.3 Å². The number of rotatable bonds is 7. The van der Waals surface area contributed by atoms with Gasteiger partial charge in [0, 0.05) is 25.9 Å². The van der Waals surface area contributed by atoms with Gasteiger partial charge in [0.1, 0.15) is 16.3 Å². The zero-order valence-corrected chi connectivity index (χ0v) is 19.8. The Labute approximate surface area is 197 Å². The number of aryl methyl sites for hydroxylation is 1. The second kappa shape index (κ2) is 10.3. The molecule has 0 unspecified atom stereocenters. The fourth-order valence-electron chi connectivity index (χ4n) is 3.41. The lowest BCUT2D eigenvalue weighted by atomic mass is 10.0. The number of aromatic amines is 1. The summed E-state index contributed by atoms with van der Waals surface area (Å²) >= 11 is 13.0. The Morgan fingerprint density at radius 2 is 2.09 bits per heavy atom. The van der Waals surface area contributed by atoms with Gasteiger partial charge in [0.25, 0.3) is 12.3 Å². The summed E-state index contributed by atoms with van der Waals surface area (Å²) in [5.41, 5.74) is 0.143. The molecular weight excluding hydrogens is 489 g/mol. The summed E-state index contributed by atoms with van der Waals surface area (Å²) in [5, 5.41) is 3.58. The lowest BCUT2D eigenvalue weighted by Gasteiger charge is -2.37. The molecule has 1 fully saturated rings. The molecule has 2 N–H and O–H groups in total. The average molecular weight is 511 g/mol. The quantitative estimate of drug-likeness (QED) is 0.541. The van der Waals surface area contributed by atoms with Crippen molar-refractivity contribution < 1.29 is 27.8 Å². The van der Waals surface area contributed by atoms with Crippen molar-refractivity contribution >= 4 is 51.5 Å². The Bertz CT molecular complexity index is 1000. The predicted octanol–water partition coefficient (Wildman–Crippen LogP) is 4.22. The predicted molar refractivity (Wildman–Crippen MR) is 117 cm³/mol. The number of amides is 1. The molecule has 3 rings (SSSR count). The van der Waals surface area contributed by atoms with Crippen molar-refractivity contribution in [2.45, 2.75) is 38.8 Å². The number of H-pyrrole nitrogens is 1. The molecule has 0 saturated carbocycles. The van der Waals surface area contributed by atoms with E-state index in [9.17, 15) is 18.4 Å². The number of piperidine rings is 1. The fraction of sp³-hybridized carbons (Fsp3) is 0.526. The maximum atomic E-state index is 13.4. The Balaban J connectivity index is 1.74. The number of carbonyl (C=O) groups excluding carboxylic acids is 2. The molecule has 8 nitrogen and oxygen atoms in total. The number of nitrogens with zero attached hydrogens (tertiary/aromatic N) is 2. The number of nitrogens with one attached hydrogen (secondary N) is 2. The number of anilines is 1. The molecule has 2 aromatic heterocycles. The van der Waals surface area contributed by atoms with Crippen LogP contribution in [0.4, 0.5) is 13.9 Å². The van der Waals surface area contributed by atoms with Gasteiger partial charge in [0.05, 0.1) is 28.8 Å². The maximum absolute atomic E-state index is 13.4. The van der Waals surface area contributed by atoms with Gasteiger partial charge < -0.3 is 24.7 Å². The average Bonchev–Trinajstić information content (AvgIpc) is 3.32. The standard InChI is InChI=1S/C19H22Cl2F2N4O4S/c1-4-31-18(29)15-14(16(22)23)26-19(32-15)27-6-5-9(10(7-27)30-3)25-17(28)13-12(21)11(20)8(2)24-13/h9-10,16,24H,4-7H2,1-3H3,(H,25,28)/t9-,10+/m1/s1. The first-order valence-corrected chi connectivity index (χ1v) is 11.3. The van der Waals surface area contributed by atoms with E-state index in [0.29, 0.717) is 18.7 Å². The van der Waals surface area contributed by atoms with E-state index in [2.05, 4.69) is 15.3 Å². The molecule has 0 bridgehead atoms. The van der Waals surface area contributed by atoms with Gasteiger partial charge in [-0.05, 0) is 20.3 Å². The normalized spacial score (nSPS) is 18.8. The zero-order chi connectivity index (χ0) is 23.6. The molecule has 0 aromatic carbocycles. The first-order valence-electron chi connectivity index (χ1n) is 9.76. The van der Waals surface area contributed by atoms with Gasteiger partial charge in [-0.3, -0.25) is 4.79 Å². The lowest BCUT2D eigenvalue weighted by Crippen LogP contribution is -2.55. The van der Waals surface area contributed by atoms with Crippen LogP contribution in [-0.2, 0) is 9.47 Å². The van der Waals surface area contributed by atoms with Crippen molar-refractivity contribution in [2.24, 2.45) is 0 Å². The van der Waals surface area contributed by atoms with E-state index in [4.69, 9.17) is 32.7 Å². The van der Waals surface area contributed by atoms with Crippen molar-refractivity contribution in [1.29, 1.82) is 0 Å². The van der Waals surface area contributed by atoms with Crippen LogP contribution in [0.15, 0.2) is 0 Å². The van der Waals surface area contributed by atoms with Crippen LogP contribution in [0, 0.1) is 6.92 Å². The van der Waals surface area contributed by atoms with Gasteiger partial charge >= 0.3 is 5.97 Å². The van der Waals surface area contributed by atoms with E-state index in [1.54, 1.807) is 18.7 Å². The van der Waals surface area contributed by atoms with Crippen LogP contribution in [0.3, 0.4) is 0 Å². The molecule has 3 heterocycles. The van der Waals surface area contributed by atoms with Gasteiger partial charge in [-0.25, -0.2) is 18.6 Å². The smallest absolute Gasteiger partial charge is 0.350 e. The van der Waals surface area contributed by atoms with Crippen molar-refractivity contribution in [2.75, 3.05) is 31.7 Å². The molecule has 2 atom stereocenters. The molecule has 13 heteroatoms. The summed E-state index contributed by atoms with van der Waals surface area (Å²) in [7, 11) is 1.49. The Morgan fingerprint density at radius 3 is 2.66 bits per heavy atom. The van der Waals surface area contributed by atoms with Crippen molar-refractivity contribution in [1.82, 2.24) is 15.3 Å². The highest BCUT2D eigenvalue weighted by Gasteiger charge is 2.35. The number of alkyl halides is 2. The number of hydrogen-bond acceptors (Lipinski definition) is 7. The summed E-state index contributed by atoms with van der Waals surface area (Å²) in [6.45, 7) is 4.05. The van der Waals surface area contributed by atoms with Crippen LogP contribution in [0.25, 0.3) is 0 Å². The monoisotopic (exact) mass is 510 g/mol. The minimum Gasteiger partial charge on any atom is -0.462 e. The minimum atomic E-state index is -2.91. The van der Waals surface area contributed by atoms with Gasteiger partial charge in [0.15, 0.2) is 5.13 Å². The van der Waals surface area contributed by atoms with E-state index in [0.717, 1.165) is 11.3 Å². The molecule has 2 aromatic rings. The summed E-state index contributed by atoms with van der Waals surface area (Å²) in [5.74, 6) is -1.25. The summed E-state index contributed by atoms with van der Waals surface area (Å²) in [6.07, 6.45) is -2.91. The third kappa shape index (κ3) is 5.00. The van der Waals surface area contributed by atoms with E-state index in [-0.39, 0.29) is 44.9 Å². The van der Waals surface area contributed by atoms with E-state index >= 15 is 0 Å². The van der Waals surface area contributed by atoms with E-state index in [1.165, 1.54) is 7.11 Å². The third-order valence-corrected chi connectivity index (χ3v) is 7.10. The van der Waals surface area contributed by atoms with Gasteiger partial charge in [-0.2, -0.15) is 0 Å². The molecule has 1 amide bonds. The van der Waals surface area contributed by atoms with Crippen LogP contribution >= 0.6 is 34.5 Å². The molecule has 1 aliphatic rings. The molecule has 176 valence electrons. The highest BCUT2D eigenvalue weighted by atomic mass is 35.5. The van der Waals surface area contributed by atoms with Crippen LogP contribution in [0.5, 0.6) is 0 Å². The second-order valence-electron chi connectivity index (χ2n) is 7.07. The molecule has 0 spiro atoms. The van der Waals surface area contributed by atoms with Crippen LogP contribution < -0.4 is 10.2 Å². The van der Waals surface area contributed by atoms with Crippen LogP contribution in [-0.4, -0.2) is 60.8 Å². The highest BCUT2D eigenvalue weighted by molar-refractivity contribution is 7.17. The first-order chi connectivity index (χ1) is 15.2. The molecule has 0 radical (unpaired) electrons. The molecule has 0 aliphatic carbocycles. The number of ether oxygens (including phenoxy) is 2.